The van der Waals surface area contributed by atoms with Crippen molar-refractivity contribution in [3.05, 3.63) is 84.3 Å². The van der Waals surface area contributed by atoms with Crippen LogP contribution in [0.2, 0.25) is 0 Å². The Hall–Kier alpha value is -3.62. The number of fused-ring (bicyclic) bond motifs is 2. The van der Waals surface area contributed by atoms with E-state index in [-0.39, 0.29) is 0 Å². The molecule has 29 heavy (non-hydrogen) atoms. The molecule has 3 aromatic heterocycles. The van der Waals surface area contributed by atoms with Crippen molar-refractivity contribution < 1.29 is 10.0 Å². The summed E-state index contributed by atoms with van der Waals surface area (Å²) in [5.41, 5.74) is 4.60. The average molecular weight is 381 g/mol. The number of hydrogen-bond donors (Lipinski definition) is 2. The van der Waals surface area contributed by atoms with E-state index in [1.807, 2.05) is 42.5 Å². The van der Waals surface area contributed by atoms with Crippen molar-refractivity contribution in [3.63, 3.8) is 0 Å². The van der Waals surface area contributed by atoms with Gasteiger partial charge in [-0.05, 0) is 41.4 Å². The minimum atomic E-state index is -1.52. The van der Waals surface area contributed by atoms with E-state index in [0.29, 0.717) is 23.2 Å². The quantitative estimate of drug-likeness (QED) is 0.459. The van der Waals surface area contributed by atoms with Crippen LogP contribution in [0.15, 0.2) is 72.9 Å². The molecule has 0 bridgehead atoms. The summed E-state index contributed by atoms with van der Waals surface area (Å²) in [6.07, 6.45) is 2.36. The van der Waals surface area contributed by atoms with Crippen LogP contribution in [0, 0.1) is 0 Å². The monoisotopic (exact) mass is 381 g/mol. The van der Waals surface area contributed by atoms with Crippen LogP contribution < -0.4 is 5.46 Å². The molecule has 0 fully saturated rings. The molecule has 0 atom stereocenters. The van der Waals surface area contributed by atoms with Crippen molar-refractivity contribution >= 4 is 29.1 Å². The fraction of sp³-hybridized carbons (Fsp3) is 0.0476. The number of benzene rings is 2. The number of pyridine rings is 1. The predicted octanol–water partition coefficient (Wildman–Crippen LogP) is 1.61. The van der Waals surface area contributed by atoms with Crippen LogP contribution >= 0.6 is 0 Å². The lowest BCUT2D eigenvalue weighted by Crippen LogP contribution is -2.29. The fourth-order valence-electron chi connectivity index (χ4n) is 3.37. The maximum atomic E-state index is 9.42. The van der Waals surface area contributed by atoms with Crippen LogP contribution in [-0.2, 0) is 6.42 Å². The Bertz CT molecular complexity index is 1340. The molecule has 0 radical (unpaired) electrons. The molecule has 0 aliphatic heterocycles. The zero-order valence-electron chi connectivity index (χ0n) is 15.3. The largest absolute Gasteiger partial charge is 0.488 e. The summed E-state index contributed by atoms with van der Waals surface area (Å²) >= 11 is 0. The normalized spacial score (nSPS) is 11.2. The molecule has 0 unspecified atom stereocenters. The molecular weight excluding hydrogens is 365 g/mol. The van der Waals surface area contributed by atoms with Gasteiger partial charge in [-0.15, -0.1) is 10.2 Å². The second-order valence-corrected chi connectivity index (χ2v) is 6.81. The standard InChI is InChI=1S/C21H16BN5O2/c28-22(29)17-5-1-3-16(13-17)19-8-9-20-24-25-21(27(20)26-19)12-14-6-7-18-15(11-14)4-2-10-23-18/h1-11,13,28-29H,12H2. The second-order valence-electron chi connectivity index (χ2n) is 6.81. The molecule has 5 aromatic rings. The van der Waals surface area contributed by atoms with Gasteiger partial charge in [0.1, 0.15) is 0 Å². The summed E-state index contributed by atoms with van der Waals surface area (Å²) in [6, 6.07) is 20.8. The van der Waals surface area contributed by atoms with Gasteiger partial charge in [-0.2, -0.15) is 9.61 Å². The van der Waals surface area contributed by atoms with Crippen LogP contribution in [0.3, 0.4) is 0 Å². The fourth-order valence-corrected chi connectivity index (χ4v) is 3.37. The molecule has 8 heteroatoms. The number of hydrogen-bond acceptors (Lipinski definition) is 6. The van der Waals surface area contributed by atoms with Crippen LogP contribution in [-0.4, -0.2) is 42.0 Å². The zero-order chi connectivity index (χ0) is 19.8. The van der Waals surface area contributed by atoms with Gasteiger partial charge in [-0.3, -0.25) is 4.98 Å². The van der Waals surface area contributed by atoms with E-state index in [0.717, 1.165) is 27.9 Å². The van der Waals surface area contributed by atoms with Gasteiger partial charge in [-0.25, -0.2) is 0 Å². The van der Waals surface area contributed by atoms with Gasteiger partial charge in [0.05, 0.1) is 11.2 Å². The summed E-state index contributed by atoms with van der Waals surface area (Å²) in [5, 5.41) is 33.1. The lowest BCUT2D eigenvalue weighted by molar-refractivity contribution is 0.426. The van der Waals surface area contributed by atoms with Gasteiger partial charge in [0.15, 0.2) is 11.5 Å². The number of aromatic nitrogens is 5. The van der Waals surface area contributed by atoms with Crippen molar-refractivity contribution in [1.82, 2.24) is 24.8 Å². The van der Waals surface area contributed by atoms with Crippen LogP contribution in [0.1, 0.15) is 11.4 Å². The van der Waals surface area contributed by atoms with Gasteiger partial charge in [0, 0.05) is 23.6 Å². The highest BCUT2D eigenvalue weighted by Gasteiger charge is 2.13. The Kier molecular flexibility index (Phi) is 4.27. The SMILES string of the molecule is OB(O)c1cccc(-c2ccc3nnc(Cc4ccc5ncccc5c4)n3n2)c1. The van der Waals surface area contributed by atoms with E-state index in [2.05, 4.69) is 26.3 Å². The predicted molar refractivity (Wildman–Crippen MR) is 111 cm³/mol. The van der Waals surface area contributed by atoms with Crippen molar-refractivity contribution in [2.75, 3.05) is 0 Å². The average Bonchev–Trinajstić information content (AvgIpc) is 3.15. The highest BCUT2D eigenvalue weighted by molar-refractivity contribution is 6.58. The van der Waals surface area contributed by atoms with Gasteiger partial charge < -0.3 is 10.0 Å². The first-order valence-electron chi connectivity index (χ1n) is 9.19. The Morgan fingerprint density at radius 3 is 2.72 bits per heavy atom. The molecule has 2 N–H and O–H groups in total. The maximum Gasteiger partial charge on any atom is 0.488 e. The third-order valence-corrected chi connectivity index (χ3v) is 4.84. The molecule has 0 amide bonds. The summed E-state index contributed by atoms with van der Waals surface area (Å²) in [6.45, 7) is 0. The molecule has 5 rings (SSSR count). The molecule has 0 saturated carbocycles. The zero-order valence-corrected chi connectivity index (χ0v) is 15.3. The topological polar surface area (TPSA) is 96.4 Å². The van der Waals surface area contributed by atoms with E-state index in [9.17, 15) is 10.0 Å². The molecule has 2 aromatic carbocycles. The Morgan fingerprint density at radius 1 is 0.897 bits per heavy atom. The first kappa shape index (κ1) is 17.5. The molecule has 0 spiro atoms. The second kappa shape index (κ2) is 7.08. The molecule has 0 aliphatic carbocycles. The van der Waals surface area contributed by atoms with Crippen molar-refractivity contribution in [2.45, 2.75) is 6.42 Å². The van der Waals surface area contributed by atoms with E-state index >= 15 is 0 Å². The smallest absolute Gasteiger partial charge is 0.423 e. The number of nitrogens with zero attached hydrogens (tertiary/aromatic N) is 5. The lowest BCUT2D eigenvalue weighted by Gasteiger charge is -2.06. The van der Waals surface area contributed by atoms with E-state index in [1.54, 1.807) is 28.9 Å². The van der Waals surface area contributed by atoms with E-state index in [4.69, 9.17) is 0 Å². The van der Waals surface area contributed by atoms with E-state index < -0.39 is 7.12 Å². The van der Waals surface area contributed by atoms with Gasteiger partial charge >= 0.3 is 7.12 Å². The Balaban J connectivity index is 1.53. The Labute approximate surface area is 166 Å². The molecule has 0 saturated heterocycles. The third-order valence-electron chi connectivity index (χ3n) is 4.84. The van der Waals surface area contributed by atoms with Crippen molar-refractivity contribution in [2.24, 2.45) is 0 Å². The summed E-state index contributed by atoms with van der Waals surface area (Å²) in [4.78, 5) is 4.35. The molecular formula is C21H16BN5O2. The first-order valence-corrected chi connectivity index (χ1v) is 9.19. The number of rotatable bonds is 4. The van der Waals surface area contributed by atoms with Crippen LogP contribution in [0.4, 0.5) is 0 Å². The van der Waals surface area contributed by atoms with E-state index in [1.165, 1.54) is 0 Å². The van der Waals surface area contributed by atoms with Crippen molar-refractivity contribution in [1.29, 1.82) is 0 Å². The summed E-state index contributed by atoms with van der Waals surface area (Å²) in [7, 11) is -1.52. The molecule has 7 nitrogen and oxygen atoms in total. The van der Waals surface area contributed by atoms with Gasteiger partial charge in [0.25, 0.3) is 0 Å². The first-order chi connectivity index (χ1) is 14.2. The summed E-state index contributed by atoms with van der Waals surface area (Å²) in [5.74, 6) is 0.725. The maximum absolute atomic E-state index is 9.42. The van der Waals surface area contributed by atoms with Gasteiger partial charge in [0.2, 0.25) is 0 Å². The minimum absolute atomic E-state index is 0.415. The minimum Gasteiger partial charge on any atom is -0.423 e. The Morgan fingerprint density at radius 2 is 1.83 bits per heavy atom. The van der Waals surface area contributed by atoms with Gasteiger partial charge in [-0.1, -0.05) is 36.4 Å². The highest BCUT2D eigenvalue weighted by atomic mass is 16.4. The lowest BCUT2D eigenvalue weighted by atomic mass is 9.79. The summed E-state index contributed by atoms with van der Waals surface area (Å²) < 4.78 is 1.73. The molecule has 3 heterocycles. The van der Waals surface area contributed by atoms with Crippen LogP contribution in [0.5, 0.6) is 0 Å². The molecule has 140 valence electrons. The third kappa shape index (κ3) is 3.35. The van der Waals surface area contributed by atoms with Crippen LogP contribution in [0.25, 0.3) is 27.8 Å². The molecule has 0 aliphatic rings. The highest BCUT2D eigenvalue weighted by Crippen LogP contribution is 2.19. The van der Waals surface area contributed by atoms with Crippen molar-refractivity contribution in [3.8, 4) is 11.3 Å².